The Morgan fingerprint density at radius 1 is 1.07 bits per heavy atom. The molecule has 214 valence electrons. The van der Waals surface area contributed by atoms with Gasteiger partial charge in [-0.2, -0.15) is 9.97 Å². The number of nitrogens with zero attached hydrogens (tertiary/aromatic N) is 4. The van der Waals surface area contributed by atoms with E-state index in [1.54, 1.807) is 29.2 Å². The zero-order chi connectivity index (χ0) is 29.2. The first-order chi connectivity index (χ1) is 19.0. The van der Waals surface area contributed by atoms with Crippen molar-refractivity contribution in [3.8, 4) is 11.9 Å². The van der Waals surface area contributed by atoms with Gasteiger partial charge in [-0.1, -0.05) is 29.8 Å². The van der Waals surface area contributed by atoms with E-state index in [0.717, 1.165) is 13.1 Å². The number of carbonyl (C=O) groups is 3. The van der Waals surface area contributed by atoms with Gasteiger partial charge in [0.1, 0.15) is 0 Å². The minimum absolute atomic E-state index is 0.00854. The summed E-state index contributed by atoms with van der Waals surface area (Å²) in [5.41, 5.74) is 0.757. The third kappa shape index (κ3) is 8.64. The summed E-state index contributed by atoms with van der Waals surface area (Å²) in [5.74, 6) is -2.51. The number of para-hydroxylation sites is 1. The maximum absolute atomic E-state index is 14.1. The summed E-state index contributed by atoms with van der Waals surface area (Å²) in [6.07, 6.45) is -1.10. The summed E-state index contributed by atoms with van der Waals surface area (Å²) in [6, 6.07) is 11.7. The lowest BCUT2D eigenvalue weighted by molar-refractivity contribution is -0.143. The maximum atomic E-state index is 14.1. The van der Waals surface area contributed by atoms with Gasteiger partial charge in [-0.3, -0.25) is 9.59 Å². The van der Waals surface area contributed by atoms with E-state index < -0.39 is 23.8 Å². The lowest BCUT2D eigenvalue weighted by atomic mass is 10.2. The van der Waals surface area contributed by atoms with Crippen LogP contribution < -0.4 is 14.8 Å². The Balaban J connectivity index is 0.000000482. The van der Waals surface area contributed by atoms with Crippen molar-refractivity contribution in [3.05, 3.63) is 53.3 Å². The minimum Gasteiger partial charge on any atom is -0.481 e. The Morgan fingerprint density at radius 3 is 2.45 bits per heavy atom. The molecule has 1 fully saturated rings. The number of likely N-dealkylation sites (N-methyl/N-ethyl adjacent to an activating group) is 1. The van der Waals surface area contributed by atoms with E-state index in [0.29, 0.717) is 17.4 Å². The molecule has 0 bridgehead atoms. The molecule has 1 amide bonds. The lowest BCUT2D eigenvalue weighted by Gasteiger charge is -2.37. The van der Waals surface area contributed by atoms with Gasteiger partial charge in [0, 0.05) is 25.7 Å². The van der Waals surface area contributed by atoms with Crippen molar-refractivity contribution in [2.45, 2.75) is 25.8 Å². The van der Waals surface area contributed by atoms with E-state index in [1.807, 2.05) is 26.1 Å². The summed E-state index contributed by atoms with van der Waals surface area (Å²) < 4.78 is 25.3. The third-order valence-corrected chi connectivity index (χ3v) is 6.06. The van der Waals surface area contributed by atoms with Crippen molar-refractivity contribution in [3.63, 3.8) is 0 Å². The molecule has 1 aromatic heterocycles. The largest absolute Gasteiger partial charge is 0.481 e. The van der Waals surface area contributed by atoms with Crippen LogP contribution in [0.25, 0.3) is 10.9 Å². The highest BCUT2D eigenvalue weighted by atomic mass is 35.5. The van der Waals surface area contributed by atoms with Crippen LogP contribution in [0.4, 0.5) is 14.9 Å². The quantitative estimate of drug-likeness (QED) is 0.333. The Hall–Kier alpha value is -4.23. The molecule has 0 aliphatic carbocycles. The second-order valence-corrected chi connectivity index (χ2v) is 9.26. The molecule has 2 aromatic carbocycles. The first-order valence-electron chi connectivity index (χ1n) is 12.2. The van der Waals surface area contributed by atoms with E-state index in [9.17, 15) is 18.8 Å². The van der Waals surface area contributed by atoms with Crippen LogP contribution in [0.3, 0.4) is 0 Å². The molecule has 1 aliphatic rings. The van der Waals surface area contributed by atoms with E-state index in [4.69, 9.17) is 31.3 Å². The van der Waals surface area contributed by atoms with E-state index in [1.165, 1.54) is 6.07 Å². The number of piperazine rings is 1. The zero-order valence-electron chi connectivity index (χ0n) is 21.8. The number of aliphatic carboxylic acids is 2. The SMILES string of the molecule is C[C@@H]1CN(C)CCN1C(=O)Oc1nc(OCNc2cccc(Cl)c2F)c2ccccc2n1.O=C(O)CCC(=O)O. The highest BCUT2D eigenvalue weighted by molar-refractivity contribution is 6.31. The number of carboxylic acid groups (broad SMARTS) is 2. The molecular formula is C26H29ClFN5O7. The molecule has 0 saturated carbocycles. The molecule has 1 atom stereocenters. The number of rotatable bonds is 8. The molecule has 1 saturated heterocycles. The average molecular weight is 578 g/mol. The number of amides is 1. The van der Waals surface area contributed by atoms with Gasteiger partial charge < -0.3 is 34.8 Å². The molecular weight excluding hydrogens is 549 g/mol. The van der Waals surface area contributed by atoms with Gasteiger partial charge in [-0.25, -0.2) is 9.18 Å². The van der Waals surface area contributed by atoms with Crippen LogP contribution in [-0.2, 0) is 9.59 Å². The van der Waals surface area contributed by atoms with Crippen LogP contribution in [0.15, 0.2) is 42.5 Å². The molecule has 0 radical (unpaired) electrons. The zero-order valence-corrected chi connectivity index (χ0v) is 22.6. The maximum Gasteiger partial charge on any atom is 0.418 e. The Kier molecular flexibility index (Phi) is 10.8. The normalized spacial score (nSPS) is 15.1. The molecule has 40 heavy (non-hydrogen) atoms. The average Bonchev–Trinajstić information content (AvgIpc) is 2.90. The number of carbonyl (C=O) groups excluding carboxylic acids is 1. The number of anilines is 1. The van der Waals surface area contributed by atoms with Crippen LogP contribution in [0, 0.1) is 5.82 Å². The van der Waals surface area contributed by atoms with Crippen molar-refractivity contribution in [1.82, 2.24) is 19.8 Å². The Morgan fingerprint density at radius 2 is 1.77 bits per heavy atom. The standard InChI is InChI=1S/C22H23ClFN5O3.C4H6O4/c1-14-12-28(2)10-11-29(14)22(30)32-21-26-17-8-4-3-6-15(17)20(27-21)31-13-25-18-9-5-7-16(23)19(18)24;5-3(6)1-2-4(7)8/h3-9,14,25H,10-13H2,1-2H3;1-2H2,(H,5,6)(H,7,8)/t14-;/m1./s1. The smallest absolute Gasteiger partial charge is 0.418 e. The molecule has 1 aliphatic heterocycles. The van der Waals surface area contributed by atoms with E-state index >= 15 is 0 Å². The van der Waals surface area contributed by atoms with Gasteiger partial charge in [0.05, 0.1) is 34.5 Å². The number of fused-ring (bicyclic) bond motifs is 1. The van der Waals surface area contributed by atoms with Crippen molar-refractivity contribution in [2.75, 3.05) is 38.7 Å². The topological polar surface area (TPSA) is 154 Å². The Bertz CT molecular complexity index is 1350. The van der Waals surface area contributed by atoms with Crippen LogP contribution in [0.1, 0.15) is 19.8 Å². The number of nitrogens with one attached hydrogen (secondary N) is 1. The second kappa shape index (κ2) is 14.2. The molecule has 0 spiro atoms. The number of ether oxygens (including phenoxy) is 2. The van der Waals surface area contributed by atoms with Crippen LogP contribution >= 0.6 is 11.6 Å². The summed E-state index contributed by atoms with van der Waals surface area (Å²) in [6.45, 7) is 3.96. The van der Waals surface area contributed by atoms with Gasteiger partial charge >= 0.3 is 24.0 Å². The number of benzene rings is 2. The van der Waals surface area contributed by atoms with Crippen molar-refractivity contribution in [2.24, 2.45) is 0 Å². The highest BCUT2D eigenvalue weighted by Crippen LogP contribution is 2.26. The second-order valence-electron chi connectivity index (χ2n) is 8.86. The molecule has 14 heteroatoms. The molecule has 4 rings (SSSR count). The summed E-state index contributed by atoms with van der Waals surface area (Å²) in [7, 11) is 2.01. The number of hydrogen-bond acceptors (Lipinski definition) is 9. The summed E-state index contributed by atoms with van der Waals surface area (Å²) in [5, 5.41) is 19.3. The predicted molar refractivity (Wildman–Crippen MR) is 144 cm³/mol. The fourth-order valence-corrected chi connectivity index (χ4v) is 3.94. The van der Waals surface area contributed by atoms with E-state index in [-0.39, 0.29) is 48.2 Å². The van der Waals surface area contributed by atoms with Gasteiger partial charge in [0.25, 0.3) is 0 Å². The lowest BCUT2D eigenvalue weighted by Crippen LogP contribution is -2.53. The van der Waals surface area contributed by atoms with Crippen molar-refractivity contribution >= 4 is 46.2 Å². The third-order valence-electron chi connectivity index (χ3n) is 5.77. The Labute approximate surface area is 234 Å². The van der Waals surface area contributed by atoms with Gasteiger partial charge in [-0.15, -0.1) is 0 Å². The summed E-state index contributed by atoms with van der Waals surface area (Å²) >= 11 is 5.81. The van der Waals surface area contributed by atoms with Gasteiger partial charge in [-0.05, 0) is 38.2 Å². The minimum atomic E-state index is -1.08. The number of hydrogen-bond donors (Lipinski definition) is 3. The predicted octanol–water partition coefficient (Wildman–Crippen LogP) is 3.94. The van der Waals surface area contributed by atoms with Gasteiger partial charge in [0.2, 0.25) is 5.88 Å². The summed E-state index contributed by atoms with van der Waals surface area (Å²) in [4.78, 5) is 44.4. The molecule has 12 nitrogen and oxygen atoms in total. The van der Waals surface area contributed by atoms with Crippen molar-refractivity contribution < 1.29 is 38.5 Å². The molecule has 3 aromatic rings. The molecule has 2 heterocycles. The number of aromatic nitrogens is 2. The highest BCUT2D eigenvalue weighted by Gasteiger charge is 2.28. The number of carboxylic acids is 2. The first-order valence-corrected chi connectivity index (χ1v) is 12.6. The van der Waals surface area contributed by atoms with Crippen LogP contribution in [0.2, 0.25) is 5.02 Å². The fraction of sp³-hybridized carbons (Fsp3) is 0.346. The monoisotopic (exact) mass is 577 g/mol. The molecule has 0 unspecified atom stereocenters. The van der Waals surface area contributed by atoms with Crippen LogP contribution in [-0.4, -0.2) is 87.5 Å². The van der Waals surface area contributed by atoms with Crippen molar-refractivity contribution in [1.29, 1.82) is 0 Å². The van der Waals surface area contributed by atoms with E-state index in [2.05, 4.69) is 20.2 Å². The molecule has 3 N–H and O–H groups in total. The first kappa shape index (κ1) is 30.3. The van der Waals surface area contributed by atoms with Gasteiger partial charge in [0.15, 0.2) is 12.5 Å². The number of halogens is 2. The fourth-order valence-electron chi connectivity index (χ4n) is 3.77. The van der Waals surface area contributed by atoms with Crippen LogP contribution in [0.5, 0.6) is 11.9 Å².